The highest BCUT2D eigenvalue weighted by atomic mass is 19.3. The molecule has 0 amide bonds. The second kappa shape index (κ2) is 4.52. The highest BCUT2D eigenvalue weighted by molar-refractivity contribution is 5.74. The number of imidazole rings is 1. The molecule has 16 heavy (non-hydrogen) atoms. The van der Waals surface area contributed by atoms with E-state index in [1.807, 2.05) is 6.92 Å². The van der Waals surface area contributed by atoms with Crippen LogP contribution in [-0.2, 0) is 6.54 Å². The van der Waals surface area contributed by atoms with E-state index in [-0.39, 0.29) is 6.54 Å². The molecule has 86 valence electrons. The molecule has 0 aliphatic carbocycles. The molecule has 0 spiro atoms. The lowest BCUT2D eigenvalue weighted by atomic mass is 10.2. The van der Waals surface area contributed by atoms with E-state index in [0.717, 1.165) is 16.9 Å². The van der Waals surface area contributed by atoms with Crippen LogP contribution in [0.4, 0.5) is 8.78 Å². The van der Waals surface area contributed by atoms with Crippen molar-refractivity contribution in [3.05, 3.63) is 23.7 Å². The van der Waals surface area contributed by atoms with Gasteiger partial charge in [0.25, 0.3) is 6.43 Å². The topological polar surface area (TPSA) is 53.6 Å². The average molecular weight is 226 g/mol. The molecule has 2 aromatic rings. The number of aromatic amines is 1. The lowest BCUT2D eigenvalue weighted by Crippen LogP contribution is -2.20. The van der Waals surface area contributed by atoms with Crippen molar-refractivity contribution in [3.8, 4) is 0 Å². The number of halogens is 2. The number of hydrogen-bond donors (Lipinski definition) is 2. The summed E-state index contributed by atoms with van der Waals surface area (Å²) in [6.45, 7) is 1.90. The first-order valence-corrected chi connectivity index (χ1v) is 4.96. The van der Waals surface area contributed by atoms with Crippen LogP contribution in [0.1, 0.15) is 11.4 Å². The third-order valence-corrected chi connectivity index (χ3v) is 2.21. The number of aromatic nitrogens is 3. The van der Waals surface area contributed by atoms with Crippen LogP contribution in [-0.4, -0.2) is 27.9 Å². The van der Waals surface area contributed by atoms with Crippen LogP contribution in [0.5, 0.6) is 0 Å². The van der Waals surface area contributed by atoms with Gasteiger partial charge in [-0.15, -0.1) is 0 Å². The number of aryl methyl sites for hydroxylation is 1. The fourth-order valence-corrected chi connectivity index (χ4v) is 1.54. The van der Waals surface area contributed by atoms with Crippen LogP contribution in [0.3, 0.4) is 0 Å². The van der Waals surface area contributed by atoms with Gasteiger partial charge in [-0.1, -0.05) is 0 Å². The van der Waals surface area contributed by atoms with Gasteiger partial charge in [-0.05, 0) is 18.6 Å². The highest BCUT2D eigenvalue weighted by Crippen LogP contribution is 2.13. The zero-order valence-corrected chi connectivity index (χ0v) is 8.80. The van der Waals surface area contributed by atoms with Gasteiger partial charge >= 0.3 is 0 Å². The first-order valence-electron chi connectivity index (χ1n) is 4.96. The summed E-state index contributed by atoms with van der Waals surface area (Å²) >= 11 is 0. The van der Waals surface area contributed by atoms with Crippen molar-refractivity contribution in [1.82, 2.24) is 20.3 Å². The maximum absolute atomic E-state index is 12.0. The van der Waals surface area contributed by atoms with E-state index in [1.165, 1.54) is 0 Å². The summed E-state index contributed by atoms with van der Waals surface area (Å²) in [5.74, 6) is 0.767. The molecule has 0 aliphatic rings. The number of rotatable bonds is 4. The van der Waals surface area contributed by atoms with Crippen LogP contribution < -0.4 is 5.32 Å². The summed E-state index contributed by atoms with van der Waals surface area (Å²) in [5, 5.41) is 2.68. The molecule has 2 rings (SSSR count). The Morgan fingerprint density at radius 1 is 1.50 bits per heavy atom. The molecule has 2 aromatic heterocycles. The van der Waals surface area contributed by atoms with Gasteiger partial charge in [-0.2, -0.15) is 0 Å². The van der Waals surface area contributed by atoms with E-state index in [0.29, 0.717) is 12.2 Å². The predicted molar refractivity (Wildman–Crippen MR) is 56.3 cm³/mol. The number of alkyl halides is 2. The average Bonchev–Trinajstić information content (AvgIpc) is 2.58. The Morgan fingerprint density at radius 3 is 3.06 bits per heavy atom. The summed E-state index contributed by atoms with van der Waals surface area (Å²) < 4.78 is 23.9. The van der Waals surface area contributed by atoms with Gasteiger partial charge in [-0.25, -0.2) is 18.7 Å². The van der Waals surface area contributed by atoms with Crippen LogP contribution in [0, 0.1) is 6.92 Å². The quantitative estimate of drug-likeness (QED) is 0.833. The largest absolute Gasteiger partial charge is 0.341 e. The number of H-pyrrole nitrogens is 1. The van der Waals surface area contributed by atoms with E-state index in [1.54, 1.807) is 12.3 Å². The molecule has 0 aromatic carbocycles. The van der Waals surface area contributed by atoms with Crippen LogP contribution in [0.2, 0.25) is 0 Å². The molecule has 2 heterocycles. The Morgan fingerprint density at radius 2 is 2.31 bits per heavy atom. The molecule has 0 saturated heterocycles. The van der Waals surface area contributed by atoms with Crippen LogP contribution >= 0.6 is 0 Å². The zero-order valence-electron chi connectivity index (χ0n) is 8.80. The van der Waals surface area contributed by atoms with E-state index >= 15 is 0 Å². The second-order valence-electron chi connectivity index (χ2n) is 3.51. The molecule has 0 bridgehead atoms. The molecule has 0 saturated carbocycles. The van der Waals surface area contributed by atoms with E-state index in [2.05, 4.69) is 20.3 Å². The highest BCUT2D eigenvalue weighted by Gasteiger charge is 2.07. The summed E-state index contributed by atoms with van der Waals surface area (Å²) in [7, 11) is 0. The number of hydrogen-bond acceptors (Lipinski definition) is 3. The Labute approximate surface area is 91.1 Å². The molecule has 2 N–H and O–H groups in total. The third kappa shape index (κ3) is 2.33. The third-order valence-electron chi connectivity index (χ3n) is 2.21. The molecule has 0 aliphatic heterocycles. The predicted octanol–water partition coefficient (Wildman–Crippen LogP) is 1.62. The summed E-state index contributed by atoms with van der Waals surface area (Å²) in [4.78, 5) is 11.3. The van der Waals surface area contributed by atoms with Crippen LogP contribution in [0.25, 0.3) is 11.2 Å². The first-order chi connectivity index (χ1) is 7.66. The Hall–Kier alpha value is -1.56. The minimum Gasteiger partial charge on any atom is -0.341 e. The van der Waals surface area contributed by atoms with Crippen LogP contribution in [0.15, 0.2) is 12.3 Å². The number of nitrogens with one attached hydrogen (secondary N) is 2. The normalized spacial score (nSPS) is 11.5. The maximum Gasteiger partial charge on any atom is 0.250 e. The smallest absolute Gasteiger partial charge is 0.250 e. The van der Waals surface area contributed by atoms with Gasteiger partial charge in [0, 0.05) is 12.7 Å². The van der Waals surface area contributed by atoms with E-state index in [9.17, 15) is 8.78 Å². The van der Waals surface area contributed by atoms with Crippen molar-refractivity contribution >= 4 is 11.2 Å². The molecule has 0 atom stereocenters. The molecule has 6 heteroatoms. The lowest BCUT2D eigenvalue weighted by Gasteiger charge is -2.04. The van der Waals surface area contributed by atoms with Gasteiger partial charge in [0.1, 0.15) is 5.82 Å². The van der Waals surface area contributed by atoms with Gasteiger partial charge in [0.05, 0.1) is 12.1 Å². The van der Waals surface area contributed by atoms with Gasteiger partial charge in [0.15, 0.2) is 5.65 Å². The molecular weight excluding hydrogens is 214 g/mol. The number of fused-ring (bicyclic) bond motifs is 1. The standard InChI is InChI=1S/C10H12F2N4/c1-6-15-9-7(4-13-5-8(11)12)2-3-14-10(9)16-6/h2-3,8,13H,4-5H2,1H3,(H,14,15,16). The summed E-state index contributed by atoms with van der Waals surface area (Å²) in [5.41, 5.74) is 2.32. The summed E-state index contributed by atoms with van der Waals surface area (Å²) in [6, 6.07) is 1.79. The number of nitrogens with zero attached hydrogens (tertiary/aromatic N) is 2. The molecular formula is C10H12F2N4. The molecule has 0 unspecified atom stereocenters. The fraction of sp³-hybridized carbons (Fsp3) is 0.400. The molecule has 4 nitrogen and oxygen atoms in total. The molecule has 0 radical (unpaired) electrons. The summed E-state index contributed by atoms with van der Waals surface area (Å²) in [6.07, 6.45) is -0.706. The minimum absolute atomic E-state index is 0.309. The van der Waals surface area contributed by atoms with Crippen molar-refractivity contribution in [2.24, 2.45) is 0 Å². The van der Waals surface area contributed by atoms with Crippen molar-refractivity contribution < 1.29 is 8.78 Å². The van der Waals surface area contributed by atoms with Gasteiger partial charge in [0.2, 0.25) is 0 Å². The molecule has 0 fully saturated rings. The van der Waals surface area contributed by atoms with Gasteiger partial charge < -0.3 is 10.3 Å². The van der Waals surface area contributed by atoms with Crippen molar-refractivity contribution in [2.45, 2.75) is 19.9 Å². The van der Waals surface area contributed by atoms with E-state index in [4.69, 9.17) is 0 Å². The minimum atomic E-state index is -2.33. The van der Waals surface area contributed by atoms with Crippen molar-refractivity contribution in [3.63, 3.8) is 0 Å². The lowest BCUT2D eigenvalue weighted by molar-refractivity contribution is 0.145. The van der Waals surface area contributed by atoms with Gasteiger partial charge in [-0.3, -0.25) is 0 Å². The first kappa shape index (κ1) is 10.9. The SMILES string of the molecule is Cc1nc2nccc(CNCC(F)F)c2[nH]1. The maximum atomic E-state index is 12.0. The number of pyridine rings is 1. The zero-order chi connectivity index (χ0) is 11.5. The van der Waals surface area contributed by atoms with Crippen molar-refractivity contribution in [2.75, 3.05) is 6.54 Å². The van der Waals surface area contributed by atoms with E-state index < -0.39 is 6.43 Å². The second-order valence-corrected chi connectivity index (χ2v) is 3.51. The Balaban J connectivity index is 2.17. The van der Waals surface area contributed by atoms with Crippen molar-refractivity contribution in [1.29, 1.82) is 0 Å². The fourth-order valence-electron chi connectivity index (χ4n) is 1.54. The Bertz CT molecular complexity index is 481. The Kier molecular flexibility index (Phi) is 3.09. The monoisotopic (exact) mass is 226 g/mol.